The molecule has 4 heterocycles. The Labute approximate surface area is 376 Å². The van der Waals surface area contributed by atoms with Crippen molar-refractivity contribution in [1.29, 1.82) is 0 Å². The third-order valence-electron chi connectivity index (χ3n) is 13.3. The van der Waals surface area contributed by atoms with Gasteiger partial charge < -0.3 is 9.13 Å². The Morgan fingerprint density at radius 1 is 0.250 bits per heavy atom. The Morgan fingerprint density at radius 3 is 1.19 bits per heavy atom. The summed E-state index contributed by atoms with van der Waals surface area (Å²) in [7, 11) is 0. The van der Waals surface area contributed by atoms with Gasteiger partial charge in [-0.3, -0.25) is 0 Å². The Morgan fingerprint density at radius 2 is 0.672 bits per heavy atom. The van der Waals surface area contributed by atoms with E-state index >= 15 is 0 Å². The second-order valence-electron chi connectivity index (χ2n) is 16.8. The lowest BCUT2D eigenvalue weighted by Gasteiger charge is -2.18. The standard InChI is InChI=1S/C60H36N2S2/c1-2-14-37(15-3-1)40-32-41(61-53-24-8-4-16-45(53)51-22-12-20-43(59(51)61)38-28-30-49-47-18-6-10-26-55(47)63-57(49)34-38)36-42(33-40)62-54-25-9-5-17-46(54)52-23-13-21-44(60(52)62)39-29-31-50-48-19-7-11-27-56(48)64-58(50)35-39/h1-36H. The third kappa shape index (κ3) is 5.30. The SMILES string of the molecule is c1ccc(-c2cc(-n3c4ccccc4c4cccc(-c5ccc6c(c5)sc5ccccc56)c43)cc(-n3c4ccccc4c4cccc(-c5ccc6c(c5)sc5ccccc56)c43)c2)cc1. The van der Waals surface area contributed by atoms with Crippen molar-refractivity contribution in [3.05, 3.63) is 218 Å². The summed E-state index contributed by atoms with van der Waals surface area (Å²) in [5.74, 6) is 0. The molecule has 0 saturated carbocycles. The van der Waals surface area contributed by atoms with Crippen LogP contribution in [0.15, 0.2) is 218 Å². The quantitative estimate of drug-likeness (QED) is 0.163. The first kappa shape index (κ1) is 35.8. The highest BCUT2D eigenvalue weighted by Gasteiger charge is 2.22. The average molecular weight is 849 g/mol. The number of para-hydroxylation sites is 4. The van der Waals surface area contributed by atoms with Crippen molar-refractivity contribution in [3.8, 4) is 44.8 Å². The first-order valence-corrected chi connectivity index (χ1v) is 23.5. The van der Waals surface area contributed by atoms with Crippen LogP contribution in [0, 0.1) is 0 Å². The zero-order valence-corrected chi connectivity index (χ0v) is 36.1. The van der Waals surface area contributed by atoms with E-state index in [1.807, 2.05) is 22.7 Å². The molecule has 0 spiro atoms. The van der Waals surface area contributed by atoms with Gasteiger partial charge in [0.1, 0.15) is 0 Å². The molecule has 64 heavy (non-hydrogen) atoms. The van der Waals surface area contributed by atoms with E-state index in [1.165, 1.54) is 117 Å². The fourth-order valence-corrected chi connectivity index (χ4v) is 12.8. The fraction of sp³-hybridized carbons (Fsp3) is 0. The zero-order chi connectivity index (χ0) is 41.9. The van der Waals surface area contributed by atoms with Crippen LogP contribution in [0.4, 0.5) is 0 Å². The van der Waals surface area contributed by atoms with Crippen LogP contribution in [0.25, 0.3) is 129 Å². The van der Waals surface area contributed by atoms with Gasteiger partial charge in [-0.05, 0) is 76.9 Å². The summed E-state index contributed by atoms with van der Waals surface area (Å²) in [5, 5.41) is 10.2. The van der Waals surface area contributed by atoms with Crippen molar-refractivity contribution in [3.63, 3.8) is 0 Å². The second-order valence-corrected chi connectivity index (χ2v) is 19.0. The molecule has 0 N–H and O–H groups in total. The van der Waals surface area contributed by atoms with Crippen LogP contribution in [0.5, 0.6) is 0 Å². The number of thiophene rings is 2. The van der Waals surface area contributed by atoms with E-state index in [2.05, 4.69) is 228 Å². The van der Waals surface area contributed by atoms with Crippen molar-refractivity contribution in [2.24, 2.45) is 0 Å². The highest BCUT2D eigenvalue weighted by atomic mass is 32.1. The molecule has 4 heteroatoms. The molecule has 0 unspecified atom stereocenters. The van der Waals surface area contributed by atoms with Crippen LogP contribution in [0.1, 0.15) is 0 Å². The third-order valence-corrected chi connectivity index (χ3v) is 15.6. The molecule has 14 aromatic rings. The van der Waals surface area contributed by atoms with Gasteiger partial charge in [0.25, 0.3) is 0 Å². The van der Waals surface area contributed by atoms with Gasteiger partial charge in [0, 0.05) is 84.4 Å². The van der Waals surface area contributed by atoms with Crippen molar-refractivity contribution < 1.29 is 0 Å². The van der Waals surface area contributed by atoms with Crippen LogP contribution in [0.3, 0.4) is 0 Å². The van der Waals surface area contributed by atoms with Crippen LogP contribution in [-0.4, -0.2) is 9.13 Å². The first-order valence-electron chi connectivity index (χ1n) is 21.8. The molecule has 0 fully saturated rings. The van der Waals surface area contributed by atoms with Gasteiger partial charge in [-0.2, -0.15) is 0 Å². The molecule has 2 nitrogen and oxygen atoms in total. The maximum atomic E-state index is 2.52. The number of hydrogen-bond acceptors (Lipinski definition) is 2. The molecule has 0 aliphatic carbocycles. The molecule has 0 atom stereocenters. The monoisotopic (exact) mass is 848 g/mol. The molecule has 0 aliphatic rings. The van der Waals surface area contributed by atoms with E-state index in [-0.39, 0.29) is 0 Å². The minimum absolute atomic E-state index is 1.12. The van der Waals surface area contributed by atoms with Crippen molar-refractivity contribution >= 4 is 107 Å². The molecule has 0 aliphatic heterocycles. The van der Waals surface area contributed by atoms with Gasteiger partial charge in [-0.25, -0.2) is 0 Å². The molecule has 298 valence electrons. The number of rotatable bonds is 5. The Bertz CT molecular complexity index is 3950. The Hall–Kier alpha value is -7.76. The van der Waals surface area contributed by atoms with Crippen LogP contribution in [-0.2, 0) is 0 Å². The average Bonchev–Trinajstić information content (AvgIpc) is 4.11. The predicted octanol–water partition coefficient (Wildman–Crippen LogP) is 17.6. The van der Waals surface area contributed by atoms with Crippen LogP contribution in [0.2, 0.25) is 0 Å². The predicted molar refractivity (Wildman–Crippen MR) is 277 cm³/mol. The Kier molecular flexibility index (Phi) is 7.76. The number of fused-ring (bicyclic) bond motifs is 12. The molecule has 0 amide bonds. The molecule has 0 saturated heterocycles. The lowest BCUT2D eigenvalue weighted by atomic mass is 10.00. The van der Waals surface area contributed by atoms with Gasteiger partial charge in [-0.15, -0.1) is 22.7 Å². The number of benzene rings is 10. The molecule has 0 radical (unpaired) electrons. The lowest BCUT2D eigenvalue weighted by molar-refractivity contribution is 1.14. The maximum Gasteiger partial charge on any atom is 0.0619 e. The van der Waals surface area contributed by atoms with E-state index in [1.54, 1.807) is 0 Å². The first-order chi connectivity index (χ1) is 31.7. The summed E-state index contributed by atoms with van der Waals surface area (Å²) < 4.78 is 10.3. The van der Waals surface area contributed by atoms with E-state index < -0.39 is 0 Å². The summed E-state index contributed by atoms with van der Waals surface area (Å²) >= 11 is 3.75. The minimum atomic E-state index is 1.12. The topological polar surface area (TPSA) is 9.86 Å². The molecule has 4 aromatic heterocycles. The Balaban J connectivity index is 1.06. The molecular formula is C60H36N2S2. The van der Waals surface area contributed by atoms with Crippen molar-refractivity contribution in [2.45, 2.75) is 0 Å². The van der Waals surface area contributed by atoms with Gasteiger partial charge in [0.05, 0.1) is 22.1 Å². The van der Waals surface area contributed by atoms with E-state index in [9.17, 15) is 0 Å². The highest BCUT2D eigenvalue weighted by Crippen LogP contribution is 2.45. The summed E-state index contributed by atoms with van der Waals surface area (Å²) in [6, 6.07) is 81.2. The molecule has 14 rings (SSSR count). The molecule has 10 aromatic carbocycles. The minimum Gasteiger partial charge on any atom is -0.309 e. The maximum absolute atomic E-state index is 2.52. The summed E-state index contributed by atoms with van der Waals surface area (Å²) in [6.07, 6.45) is 0. The summed E-state index contributed by atoms with van der Waals surface area (Å²) in [5.41, 5.74) is 14.2. The smallest absolute Gasteiger partial charge is 0.0619 e. The van der Waals surface area contributed by atoms with Crippen molar-refractivity contribution in [1.82, 2.24) is 9.13 Å². The fourth-order valence-electron chi connectivity index (χ4n) is 10.5. The van der Waals surface area contributed by atoms with E-state index in [0.717, 1.165) is 11.4 Å². The number of hydrogen-bond donors (Lipinski definition) is 0. The molecule has 0 bridgehead atoms. The van der Waals surface area contributed by atoms with Gasteiger partial charge in [0.2, 0.25) is 0 Å². The lowest BCUT2D eigenvalue weighted by Crippen LogP contribution is -2.01. The number of nitrogens with zero attached hydrogens (tertiary/aromatic N) is 2. The largest absolute Gasteiger partial charge is 0.309 e. The number of aromatic nitrogens is 2. The summed E-state index contributed by atoms with van der Waals surface area (Å²) in [6.45, 7) is 0. The summed E-state index contributed by atoms with van der Waals surface area (Å²) in [4.78, 5) is 0. The van der Waals surface area contributed by atoms with Crippen LogP contribution < -0.4 is 0 Å². The van der Waals surface area contributed by atoms with E-state index in [0.29, 0.717) is 0 Å². The second kappa shape index (κ2) is 13.9. The normalized spacial score (nSPS) is 12.1. The van der Waals surface area contributed by atoms with Crippen LogP contribution >= 0.6 is 22.7 Å². The molecular weight excluding hydrogens is 813 g/mol. The van der Waals surface area contributed by atoms with E-state index in [4.69, 9.17) is 0 Å². The van der Waals surface area contributed by atoms with Gasteiger partial charge in [-0.1, -0.05) is 164 Å². The van der Waals surface area contributed by atoms with Crippen molar-refractivity contribution in [2.75, 3.05) is 0 Å². The van der Waals surface area contributed by atoms with Gasteiger partial charge >= 0.3 is 0 Å². The highest BCUT2D eigenvalue weighted by molar-refractivity contribution is 7.26. The zero-order valence-electron chi connectivity index (χ0n) is 34.5. The van der Waals surface area contributed by atoms with Gasteiger partial charge in [0.15, 0.2) is 0 Å².